The van der Waals surface area contributed by atoms with E-state index in [1.807, 2.05) is 42.5 Å². The normalized spacial score (nSPS) is 13.3. The van der Waals surface area contributed by atoms with Crippen LogP contribution in [0, 0.1) is 12.1 Å². The lowest BCUT2D eigenvalue weighted by Crippen LogP contribution is -2.36. The third kappa shape index (κ3) is 4.61. The molecule has 0 saturated carbocycles. The minimum atomic E-state index is -0.167. The Morgan fingerprint density at radius 2 is 1.89 bits per heavy atom. The van der Waals surface area contributed by atoms with Gasteiger partial charge >= 0.3 is 0 Å². The van der Waals surface area contributed by atoms with Crippen molar-refractivity contribution in [1.82, 2.24) is 20.2 Å². The van der Waals surface area contributed by atoms with Crippen LogP contribution in [0.15, 0.2) is 96.4 Å². The van der Waals surface area contributed by atoms with Crippen molar-refractivity contribution in [1.29, 1.82) is 0 Å². The van der Waals surface area contributed by atoms with Gasteiger partial charge in [0.05, 0.1) is 17.3 Å². The maximum Gasteiger partial charge on any atom is 0.201 e. The zero-order chi connectivity index (χ0) is 25.4. The molecule has 0 bridgehead atoms. The second kappa shape index (κ2) is 9.59. The van der Waals surface area contributed by atoms with Gasteiger partial charge in [-0.3, -0.25) is 4.99 Å². The van der Waals surface area contributed by atoms with Gasteiger partial charge in [0.15, 0.2) is 6.20 Å². The van der Waals surface area contributed by atoms with Crippen LogP contribution in [0.25, 0.3) is 16.8 Å². The molecule has 1 aliphatic heterocycles. The predicted molar refractivity (Wildman–Crippen MR) is 143 cm³/mol. The predicted octanol–water partition coefficient (Wildman–Crippen LogP) is 5.58. The highest BCUT2D eigenvalue weighted by molar-refractivity contribution is 6.31. The van der Waals surface area contributed by atoms with E-state index in [1.165, 1.54) is 17.5 Å². The molecule has 2 aromatic heterocycles. The lowest BCUT2D eigenvalue weighted by atomic mass is 9.88. The summed E-state index contributed by atoms with van der Waals surface area (Å²) in [7, 11) is 0. The number of aryl methyl sites for hydroxylation is 1. The number of hydrogen-bond donors (Lipinski definition) is 0. The van der Waals surface area contributed by atoms with Crippen LogP contribution in [0.4, 0.5) is 5.69 Å². The fourth-order valence-electron chi connectivity index (χ4n) is 4.89. The molecule has 37 heavy (non-hydrogen) atoms. The SMILES string of the molecule is Cc1ccc2c(c1)N=C([C@H](Cc1ccccc1)c1ccc(-c3cc(Cl)ccc3-n3cnnn3)c[n+]1[O-])C2. The van der Waals surface area contributed by atoms with Crippen molar-refractivity contribution in [2.45, 2.75) is 25.7 Å². The van der Waals surface area contributed by atoms with Crippen LogP contribution in [0.2, 0.25) is 5.02 Å². The summed E-state index contributed by atoms with van der Waals surface area (Å²) in [6, 6.07) is 25.9. The third-order valence-corrected chi connectivity index (χ3v) is 6.96. The van der Waals surface area contributed by atoms with Gasteiger partial charge in [-0.1, -0.05) is 54.1 Å². The van der Waals surface area contributed by atoms with Crippen LogP contribution in [-0.4, -0.2) is 25.9 Å². The first-order valence-electron chi connectivity index (χ1n) is 12.0. The molecule has 8 heteroatoms. The highest BCUT2D eigenvalue weighted by Gasteiger charge is 2.30. The van der Waals surface area contributed by atoms with Crippen molar-refractivity contribution < 1.29 is 4.73 Å². The molecule has 0 N–H and O–H groups in total. The summed E-state index contributed by atoms with van der Waals surface area (Å²) >= 11 is 6.32. The van der Waals surface area contributed by atoms with Crippen molar-refractivity contribution in [3.05, 3.63) is 124 Å². The fourth-order valence-corrected chi connectivity index (χ4v) is 5.07. The van der Waals surface area contributed by atoms with Crippen molar-refractivity contribution >= 4 is 23.0 Å². The van der Waals surface area contributed by atoms with E-state index in [2.05, 4.69) is 52.8 Å². The molecular weight excluding hydrogens is 484 g/mol. The maximum absolute atomic E-state index is 13.6. The topological polar surface area (TPSA) is 82.9 Å². The Balaban J connectivity index is 1.42. The molecule has 0 amide bonds. The average Bonchev–Trinajstić information content (AvgIpc) is 3.58. The summed E-state index contributed by atoms with van der Waals surface area (Å²) in [6.07, 6.45) is 4.52. The van der Waals surface area contributed by atoms with Gasteiger partial charge in [0.25, 0.3) is 0 Å². The van der Waals surface area contributed by atoms with E-state index < -0.39 is 0 Å². The number of fused-ring (bicyclic) bond motifs is 1. The van der Waals surface area contributed by atoms with Gasteiger partial charge in [0, 0.05) is 34.3 Å². The number of hydrogen-bond acceptors (Lipinski definition) is 5. The molecule has 6 rings (SSSR count). The van der Waals surface area contributed by atoms with E-state index in [1.54, 1.807) is 16.9 Å². The Kier molecular flexibility index (Phi) is 5.98. The Morgan fingerprint density at radius 3 is 2.68 bits per heavy atom. The van der Waals surface area contributed by atoms with Gasteiger partial charge in [-0.15, -0.1) is 5.10 Å². The van der Waals surface area contributed by atoms with Crippen molar-refractivity contribution in [3.8, 4) is 16.8 Å². The summed E-state index contributed by atoms with van der Waals surface area (Å²) in [4.78, 5) is 4.99. The van der Waals surface area contributed by atoms with Crippen LogP contribution < -0.4 is 4.73 Å². The molecule has 0 unspecified atom stereocenters. The third-order valence-electron chi connectivity index (χ3n) is 6.73. The van der Waals surface area contributed by atoms with Gasteiger partial charge in [-0.25, -0.2) is 0 Å². The van der Waals surface area contributed by atoms with Gasteiger partial charge in [-0.2, -0.15) is 9.41 Å². The lowest BCUT2D eigenvalue weighted by molar-refractivity contribution is -0.614. The van der Waals surface area contributed by atoms with Gasteiger partial charge in [0.1, 0.15) is 6.33 Å². The fraction of sp³-hybridized carbons (Fsp3) is 0.138. The molecule has 1 aliphatic rings. The van der Waals surface area contributed by atoms with E-state index in [4.69, 9.17) is 16.6 Å². The summed E-state index contributed by atoms with van der Waals surface area (Å²) in [5.74, 6) is -0.167. The number of halogens is 1. The summed E-state index contributed by atoms with van der Waals surface area (Å²) in [5.41, 5.74) is 8.38. The standard InChI is InChI=1S/C29H23ClN6O/c1-19-7-8-21-15-27(32-26(21)13-19)25(14-20-5-3-2-4-6-20)29-11-9-22(17-36(29)37)24-16-23(30)10-12-28(24)35-18-31-33-34-35/h2-13,16-18,25H,14-15H2,1H3/t25-/m0/s1. The smallest absolute Gasteiger partial charge is 0.201 e. The Hall–Kier alpha value is -4.36. The highest BCUT2D eigenvalue weighted by atomic mass is 35.5. The Labute approximate surface area is 219 Å². The van der Waals surface area contributed by atoms with Gasteiger partial charge < -0.3 is 5.21 Å². The largest absolute Gasteiger partial charge is 0.618 e. The minimum Gasteiger partial charge on any atom is -0.618 e. The van der Waals surface area contributed by atoms with E-state index >= 15 is 0 Å². The molecule has 0 saturated heterocycles. The first-order chi connectivity index (χ1) is 18.0. The minimum absolute atomic E-state index is 0.167. The van der Waals surface area contributed by atoms with Crippen LogP contribution in [-0.2, 0) is 12.8 Å². The van der Waals surface area contributed by atoms with E-state index in [9.17, 15) is 5.21 Å². The number of rotatable bonds is 6. The Bertz CT molecular complexity index is 1620. The summed E-state index contributed by atoms with van der Waals surface area (Å²) in [5, 5.41) is 25.6. The summed E-state index contributed by atoms with van der Waals surface area (Å²) < 4.78 is 2.52. The van der Waals surface area contributed by atoms with E-state index in [-0.39, 0.29) is 5.92 Å². The Morgan fingerprint density at radius 1 is 1.03 bits per heavy atom. The van der Waals surface area contributed by atoms with E-state index in [0.29, 0.717) is 17.1 Å². The second-order valence-electron chi connectivity index (χ2n) is 9.24. The van der Waals surface area contributed by atoms with Crippen LogP contribution >= 0.6 is 11.6 Å². The molecule has 0 spiro atoms. The first-order valence-corrected chi connectivity index (χ1v) is 12.4. The first kappa shape index (κ1) is 23.1. The van der Waals surface area contributed by atoms with Crippen LogP contribution in [0.1, 0.15) is 28.3 Å². The summed E-state index contributed by atoms with van der Waals surface area (Å²) in [6.45, 7) is 2.07. The maximum atomic E-state index is 13.6. The number of pyridine rings is 1. The molecule has 1 atom stereocenters. The number of nitrogens with zero attached hydrogens (tertiary/aromatic N) is 6. The zero-order valence-corrected chi connectivity index (χ0v) is 20.9. The number of aliphatic imine (C=N–C) groups is 1. The molecule has 0 aliphatic carbocycles. The quantitative estimate of drug-likeness (QED) is 0.222. The lowest BCUT2D eigenvalue weighted by Gasteiger charge is -2.18. The molecule has 0 fully saturated rings. The molecule has 3 heterocycles. The number of tetrazole rings is 1. The van der Waals surface area contributed by atoms with Crippen LogP contribution in [0.3, 0.4) is 0 Å². The van der Waals surface area contributed by atoms with Crippen molar-refractivity contribution in [3.63, 3.8) is 0 Å². The molecule has 182 valence electrons. The van der Waals surface area contributed by atoms with E-state index in [0.717, 1.165) is 44.9 Å². The number of aromatic nitrogens is 5. The zero-order valence-electron chi connectivity index (χ0n) is 20.1. The van der Waals surface area contributed by atoms with Gasteiger partial charge in [-0.05, 0) is 70.8 Å². The van der Waals surface area contributed by atoms with Gasteiger partial charge in [0.2, 0.25) is 5.69 Å². The molecule has 3 aromatic carbocycles. The number of benzene rings is 3. The molecular formula is C29H23ClN6O. The monoisotopic (exact) mass is 506 g/mol. The molecule has 0 radical (unpaired) electrons. The van der Waals surface area contributed by atoms with Crippen molar-refractivity contribution in [2.75, 3.05) is 0 Å². The average molecular weight is 507 g/mol. The molecule has 5 aromatic rings. The highest BCUT2D eigenvalue weighted by Crippen LogP contribution is 2.35. The molecule has 7 nitrogen and oxygen atoms in total. The van der Waals surface area contributed by atoms with Crippen LogP contribution in [0.5, 0.6) is 0 Å². The van der Waals surface area contributed by atoms with Crippen molar-refractivity contribution in [2.24, 2.45) is 4.99 Å². The second-order valence-corrected chi connectivity index (χ2v) is 9.68.